The van der Waals surface area contributed by atoms with Crippen molar-refractivity contribution in [1.29, 1.82) is 0 Å². The summed E-state index contributed by atoms with van der Waals surface area (Å²) in [6.07, 6.45) is -0.639. The van der Waals surface area contributed by atoms with Gasteiger partial charge in [-0.3, -0.25) is 4.72 Å². The molecule has 0 fully saturated rings. The maximum absolute atomic E-state index is 12.3. The van der Waals surface area contributed by atoms with E-state index in [1.807, 2.05) is 0 Å². The zero-order valence-electron chi connectivity index (χ0n) is 11.0. The number of anilines is 1. The number of nitrogens with one attached hydrogen (secondary N) is 1. The molecule has 2 aromatic carbocycles. The predicted molar refractivity (Wildman–Crippen MR) is 87.0 cm³/mol. The van der Waals surface area contributed by atoms with Crippen LogP contribution in [0.15, 0.2) is 51.8 Å². The average Bonchev–Trinajstić information content (AvgIpc) is 2.43. The van der Waals surface area contributed by atoms with Crippen molar-refractivity contribution in [2.45, 2.75) is 17.9 Å². The Labute approximate surface area is 136 Å². The van der Waals surface area contributed by atoms with Crippen LogP contribution >= 0.6 is 27.5 Å². The Hall–Kier alpha value is -1.08. The molecular formula is C14H13BrClNO3S. The molecule has 21 heavy (non-hydrogen) atoms. The number of rotatable bonds is 4. The van der Waals surface area contributed by atoms with Crippen LogP contribution < -0.4 is 4.72 Å². The molecule has 0 aromatic heterocycles. The van der Waals surface area contributed by atoms with Crippen LogP contribution in [-0.2, 0) is 10.0 Å². The molecule has 0 bridgehead atoms. The molecule has 0 aliphatic heterocycles. The Bertz CT molecular complexity index is 745. The Kier molecular flexibility index (Phi) is 4.93. The fraction of sp³-hybridized carbons (Fsp3) is 0.143. The first-order valence-corrected chi connectivity index (χ1v) is 8.71. The predicted octanol–water partition coefficient (Wildman–Crippen LogP) is 3.96. The molecule has 0 saturated carbocycles. The molecule has 0 heterocycles. The zero-order valence-corrected chi connectivity index (χ0v) is 14.2. The number of aliphatic hydroxyl groups excluding tert-OH is 1. The first-order valence-electron chi connectivity index (χ1n) is 6.05. The van der Waals surface area contributed by atoms with Gasteiger partial charge >= 0.3 is 0 Å². The van der Waals surface area contributed by atoms with Crippen molar-refractivity contribution in [3.63, 3.8) is 0 Å². The first kappa shape index (κ1) is 16.3. The summed E-state index contributed by atoms with van der Waals surface area (Å²) in [5.74, 6) is 0. The van der Waals surface area contributed by atoms with Gasteiger partial charge in [-0.1, -0.05) is 23.7 Å². The normalized spacial score (nSPS) is 13.0. The molecular weight excluding hydrogens is 378 g/mol. The Balaban J connectivity index is 2.27. The summed E-state index contributed by atoms with van der Waals surface area (Å²) in [6, 6.07) is 10.8. The summed E-state index contributed by atoms with van der Waals surface area (Å²) in [5.41, 5.74) is 1.03. The van der Waals surface area contributed by atoms with E-state index < -0.39 is 16.1 Å². The Morgan fingerprint density at radius 1 is 1.19 bits per heavy atom. The second-order valence-electron chi connectivity index (χ2n) is 4.48. The van der Waals surface area contributed by atoms with E-state index in [1.165, 1.54) is 18.2 Å². The SMILES string of the molecule is CC(O)c1ccc(S(=O)(=O)Nc2ccc(Br)c(Cl)c2)cc1. The van der Waals surface area contributed by atoms with Crippen molar-refractivity contribution in [3.05, 3.63) is 57.5 Å². The number of hydrogen-bond acceptors (Lipinski definition) is 3. The van der Waals surface area contributed by atoms with Gasteiger partial charge in [0.1, 0.15) is 0 Å². The second-order valence-corrected chi connectivity index (χ2v) is 7.42. The molecule has 7 heteroatoms. The minimum absolute atomic E-state index is 0.117. The van der Waals surface area contributed by atoms with Crippen molar-refractivity contribution in [2.24, 2.45) is 0 Å². The molecule has 0 saturated heterocycles. The molecule has 2 N–H and O–H groups in total. The van der Waals surface area contributed by atoms with Crippen molar-refractivity contribution in [2.75, 3.05) is 4.72 Å². The molecule has 0 aliphatic rings. The van der Waals surface area contributed by atoms with Gasteiger partial charge in [0.15, 0.2) is 0 Å². The van der Waals surface area contributed by atoms with Crippen LogP contribution in [0.5, 0.6) is 0 Å². The van der Waals surface area contributed by atoms with Crippen LogP contribution in [0, 0.1) is 0 Å². The van der Waals surface area contributed by atoms with E-state index >= 15 is 0 Å². The van der Waals surface area contributed by atoms with E-state index in [9.17, 15) is 13.5 Å². The minimum Gasteiger partial charge on any atom is -0.389 e. The fourth-order valence-electron chi connectivity index (χ4n) is 1.70. The number of benzene rings is 2. The molecule has 1 atom stereocenters. The van der Waals surface area contributed by atoms with Crippen LogP contribution in [0.3, 0.4) is 0 Å². The molecule has 112 valence electrons. The number of halogens is 2. The largest absolute Gasteiger partial charge is 0.389 e. The monoisotopic (exact) mass is 389 g/mol. The van der Waals surface area contributed by atoms with Gasteiger partial charge in [0.25, 0.3) is 10.0 Å². The second kappa shape index (κ2) is 6.36. The number of aliphatic hydroxyl groups is 1. The summed E-state index contributed by atoms with van der Waals surface area (Å²) < 4.78 is 27.6. The standard InChI is InChI=1S/C14H13BrClNO3S/c1-9(18)10-2-5-12(6-3-10)21(19,20)17-11-4-7-13(15)14(16)8-11/h2-9,17-18H,1H3. The van der Waals surface area contributed by atoms with E-state index in [4.69, 9.17) is 11.6 Å². The lowest BCUT2D eigenvalue weighted by Gasteiger charge is -2.10. The smallest absolute Gasteiger partial charge is 0.261 e. The summed E-state index contributed by atoms with van der Waals surface area (Å²) >= 11 is 9.18. The lowest BCUT2D eigenvalue weighted by atomic mass is 10.1. The Morgan fingerprint density at radius 3 is 2.33 bits per heavy atom. The van der Waals surface area contributed by atoms with Crippen LogP contribution in [0.2, 0.25) is 5.02 Å². The van der Waals surface area contributed by atoms with Gasteiger partial charge in [-0.05, 0) is 58.7 Å². The molecule has 2 aromatic rings. The maximum atomic E-state index is 12.3. The van der Waals surface area contributed by atoms with Gasteiger partial charge in [-0.2, -0.15) is 0 Å². The van der Waals surface area contributed by atoms with Gasteiger partial charge in [-0.25, -0.2) is 8.42 Å². The number of hydrogen-bond donors (Lipinski definition) is 2. The van der Waals surface area contributed by atoms with Crippen LogP contribution in [-0.4, -0.2) is 13.5 Å². The summed E-state index contributed by atoms with van der Waals surface area (Å²) in [6.45, 7) is 1.62. The highest BCUT2D eigenvalue weighted by atomic mass is 79.9. The lowest BCUT2D eigenvalue weighted by Crippen LogP contribution is -2.13. The summed E-state index contributed by atoms with van der Waals surface area (Å²) in [4.78, 5) is 0.117. The molecule has 1 unspecified atom stereocenters. The van der Waals surface area contributed by atoms with Crippen molar-refractivity contribution in [1.82, 2.24) is 0 Å². The van der Waals surface area contributed by atoms with Crippen LogP contribution in [0.4, 0.5) is 5.69 Å². The topological polar surface area (TPSA) is 66.4 Å². The van der Waals surface area contributed by atoms with E-state index in [0.717, 1.165) is 0 Å². The van der Waals surface area contributed by atoms with Crippen molar-refractivity contribution < 1.29 is 13.5 Å². The van der Waals surface area contributed by atoms with Gasteiger partial charge in [0.2, 0.25) is 0 Å². The van der Waals surface area contributed by atoms with Crippen molar-refractivity contribution in [3.8, 4) is 0 Å². The highest BCUT2D eigenvalue weighted by Crippen LogP contribution is 2.27. The highest BCUT2D eigenvalue weighted by molar-refractivity contribution is 9.10. The van der Waals surface area contributed by atoms with Gasteiger partial charge in [0, 0.05) is 4.47 Å². The summed E-state index contributed by atoms with van der Waals surface area (Å²) in [7, 11) is -3.69. The fourth-order valence-corrected chi connectivity index (χ4v) is 3.18. The molecule has 0 aliphatic carbocycles. The van der Waals surface area contributed by atoms with Gasteiger partial charge in [-0.15, -0.1) is 0 Å². The summed E-state index contributed by atoms with van der Waals surface area (Å²) in [5, 5.41) is 9.84. The van der Waals surface area contributed by atoms with E-state index in [2.05, 4.69) is 20.7 Å². The number of sulfonamides is 1. The van der Waals surface area contributed by atoms with Crippen LogP contribution in [0.1, 0.15) is 18.6 Å². The maximum Gasteiger partial charge on any atom is 0.261 e. The van der Waals surface area contributed by atoms with E-state index in [1.54, 1.807) is 31.2 Å². The quantitative estimate of drug-likeness (QED) is 0.830. The lowest BCUT2D eigenvalue weighted by molar-refractivity contribution is 0.199. The molecule has 0 amide bonds. The van der Waals surface area contributed by atoms with Crippen molar-refractivity contribution >= 4 is 43.2 Å². The molecule has 2 rings (SSSR count). The highest BCUT2D eigenvalue weighted by Gasteiger charge is 2.15. The molecule has 0 radical (unpaired) electrons. The average molecular weight is 391 g/mol. The van der Waals surface area contributed by atoms with Crippen LogP contribution in [0.25, 0.3) is 0 Å². The Morgan fingerprint density at radius 2 is 1.81 bits per heavy atom. The molecule has 4 nitrogen and oxygen atoms in total. The minimum atomic E-state index is -3.69. The zero-order chi connectivity index (χ0) is 15.6. The third kappa shape index (κ3) is 3.97. The third-order valence-electron chi connectivity index (χ3n) is 2.84. The van der Waals surface area contributed by atoms with E-state index in [-0.39, 0.29) is 4.90 Å². The van der Waals surface area contributed by atoms with Gasteiger partial charge < -0.3 is 5.11 Å². The van der Waals surface area contributed by atoms with E-state index in [0.29, 0.717) is 20.7 Å². The molecule has 0 spiro atoms. The third-order valence-corrected chi connectivity index (χ3v) is 5.47. The van der Waals surface area contributed by atoms with Gasteiger partial charge in [0.05, 0.1) is 21.7 Å². The first-order chi connectivity index (χ1) is 9.79.